The highest BCUT2D eigenvalue weighted by Gasteiger charge is 2.76. The predicted molar refractivity (Wildman–Crippen MR) is 117 cm³/mol. The van der Waals surface area contributed by atoms with Crippen molar-refractivity contribution in [3.05, 3.63) is 12.2 Å². The van der Waals surface area contributed by atoms with Crippen molar-refractivity contribution in [3.8, 4) is 0 Å². The fraction of sp³-hybridized carbons (Fsp3) is 0.864. The predicted octanol–water partition coefficient (Wildman–Crippen LogP) is 6.80. The number of ether oxygens (including phenoxy) is 1. The molecular weight excluding hydrogens is 832 g/mol. The molecule has 0 aromatic heterocycles. The van der Waals surface area contributed by atoms with Gasteiger partial charge in [-0.15, -0.1) is 0 Å². The zero-order valence-corrected chi connectivity index (χ0v) is 24.8. The first-order valence-electron chi connectivity index (χ1n) is 12.5. The van der Waals surface area contributed by atoms with Crippen molar-refractivity contribution >= 4 is 5.97 Å². The maximum atomic E-state index is 12.7. The van der Waals surface area contributed by atoms with E-state index in [4.69, 9.17) is 25.5 Å². The van der Waals surface area contributed by atoms with Crippen molar-refractivity contribution in [1.82, 2.24) is 0 Å². The molecule has 0 aromatic carbocycles. The number of esters is 1. The third-order valence-electron chi connectivity index (χ3n) is 6.48. The van der Waals surface area contributed by atoms with Gasteiger partial charge in [-0.2, -0.15) is 105 Å². The summed E-state index contributed by atoms with van der Waals surface area (Å²) < 4.78 is 304. The third-order valence-corrected chi connectivity index (χ3v) is 6.48. The first kappa shape index (κ1) is 52.4. The Labute approximate surface area is 276 Å². The number of carbonyl (C=O) groups excluding carboxylic acids is 1. The van der Waals surface area contributed by atoms with Gasteiger partial charge in [-0.05, 0) is 6.92 Å². The van der Waals surface area contributed by atoms with Crippen LogP contribution in [0.2, 0.25) is 0 Å². The number of aliphatic hydroxyl groups excluding tert-OH is 1. The Balaban J connectivity index is 0. The lowest BCUT2D eigenvalue weighted by molar-refractivity contribution is -0.386. The van der Waals surface area contributed by atoms with Gasteiger partial charge in [-0.25, -0.2) is 4.79 Å². The molecule has 0 atom stereocenters. The summed E-state index contributed by atoms with van der Waals surface area (Å²) in [6, 6.07) is 0. The molecule has 0 radical (unpaired) electrons. The third kappa shape index (κ3) is 11.7. The van der Waals surface area contributed by atoms with Crippen molar-refractivity contribution in [3.63, 3.8) is 0 Å². The van der Waals surface area contributed by atoms with Crippen LogP contribution in [0.15, 0.2) is 12.2 Å². The quantitative estimate of drug-likeness (QED) is 0.0930. The fourth-order valence-electron chi connectivity index (χ4n) is 3.39. The normalized spacial score (nSPS) is 15.4. The minimum atomic E-state index is -6.65. The summed E-state index contributed by atoms with van der Waals surface area (Å²) in [4.78, 5) is 11.3. The Kier molecular flexibility index (Phi) is 15.3. The molecule has 0 unspecified atom stereocenters. The van der Waals surface area contributed by atoms with E-state index in [1.54, 1.807) is 0 Å². The Hall–Kier alpha value is -2.67. The van der Waals surface area contributed by atoms with E-state index in [9.17, 15) is 110 Å². The minimum absolute atomic E-state index is 0.721. The first-order chi connectivity index (χ1) is 22.5. The Morgan fingerprint density at radius 3 is 0.774 bits per heavy atom. The molecule has 5 N–H and O–H groups in total. The van der Waals surface area contributed by atoms with Crippen LogP contribution in [0.5, 0.6) is 0 Å². The van der Waals surface area contributed by atoms with Gasteiger partial charge in [0.05, 0.1) is 6.10 Å². The van der Waals surface area contributed by atoms with Gasteiger partial charge in [0.1, 0.15) is 6.10 Å². The highest BCUT2D eigenvalue weighted by molar-refractivity contribution is 5.87. The van der Waals surface area contributed by atoms with E-state index in [-0.39, 0.29) is 0 Å². The molecule has 0 aliphatic carbocycles. The lowest BCUT2D eigenvalue weighted by Crippen LogP contribution is -2.62. The van der Waals surface area contributed by atoms with Gasteiger partial charge in [-0.1, -0.05) is 6.58 Å². The van der Waals surface area contributed by atoms with Crippen LogP contribution < -0.4 is 0 Å². The highest BCUT2D eigenvalue weighted by Crippen LogP contribution is 2.52. The summed E-state index contributed by atoms with van der Waals surface area (Å²) in [6.45, 7) is 3.53. The zero-order valence-electron chi connectivity index (χ0n) is 24.8. The van der Waals surface area contributed by atoms with E-state index in [1.807, 2.05) is 0 Å². The minimum Gasteiger partial charge on any atom is -0.459 e. The van der Waals surface area contributed by atoms with E-state index in [1.165, 1.54) is 0 Å². The molecule has 31 heteroatoms. The van der Waals surface area contributed by atoms with Gasteiger partial charge in [0.15, 0.2) is 0 Å². The topological polar surface area (TPSA) is 127 Å². The van der Waals surface area contributed by atoms with Gasteiger partial charge >= 0.3 is 55.4 Å². The van der Waals surface area contributed by atoms with Crippen LogP contribution in [-0.2, 0) is 9.53 Å². The molecule has 0 aliphatic rings. The molecule has 0 bridgehead atoms. The summed E-state index contributed by atoms with van der Waals surface area (Å²) in [6.07, 6.45) is -72.1. The number of halogens is 24. The first-order valence-corrected chi connectivity index (χ1v) is 12.5. The van der Waals surface area contributed by atoms with Crippen molar-refractivity contribution in [2.45, 2.75) is 117 Å². The second kappa shape index (κ2) is 15.5. The van der Waals surface area contributed by atoms with Crippen molar-refractivity contribution < 1.29 is 140 Å². The maximum Gasteiger partial charge on any atom is 0.426 e. The average molecular weight is 852 g/mol. The summed E-state index contributed by atoms with van der Waals surface area (Å²) in [5.41, 5.74) is -24.1. The van der Waals surface area contributed by atoms with Crippen LogP contribution >= 0.6 is 0 Å². The molecule has 0 fully saturated rings. The molecule has 0 saturated carbocycles. The van der Waals surface area contributed by atoms with Crippen LogP contribution in [0, 0.1) is 0 Å². The molecule has 0 amide bonds. The monoisotopic (exact) mass is 852 g/mol. The van der Waals surface area contributed by atoms with Gasteiger partial charge in [0.25, 0.3) is 22.4 Å². The molecule has 0 heterocycles. The molecule has 0 spiro atoms. The standard InChI is InChI=1S/C13H12F12O4.C9H8F12O3/c1-5(2)7(26)29-6(3-8(27,10(14,15)16)11(17,18)19)4-9(28,12(20,21)22)13(23,24)25;10-6(11,12)4(23,7(13,14)15)1-3(22)2-5(24,8(16,17)18)9(19,20)21/h6,27-28H,1,3-4H2,2H3;3,22-24H,1-2H2. The van der Waals surface area contributed by atoms with Crippen LogP contribution in [0.25, 0.3) is 0 Å². The lowest BCUT2D eigenvalue weighted by Gasteiger charge is -2.38. The second-order valence-corrected chi connectivity index (χ2v) is 10.7. The van der Waals surface area contributed by atoms with Crippen LogP contribution in [0.3, 0.4) is 0 Å². The van der Waals surface area contributed by atoms with Gasteiger partial charge in [0, 0.05) is 31.3 Å². The largest absolute Gasteiger partial charge is 0.459 e. The van der Waals surface area contributed by atoms with Gasteiger partial charge in [-0.3, -0.25) is 0 Å². The van der Waals surface area contributed by atoms with E-state index < -0.39 is 121 Å². The van der Waals surface area contributed by atoms with Gasteiger partial charge in [0.2, 0.25) is 0 Å². The van der Waals surface area contributed by atoms with Crippen LogP contribution in [0.4, 0.5) is 105 Å². The Bertz CT molecular complexity index is 1100. The van der Waals surface area contributed by atoms with E-state index in [0.717, 1.165) is 6.92 Å². The van der Waals surface area contributed by atoms with Crippen molar-refractivity contribution in [1.29, 1.82) is 0 Å². The molecular formula is C22H20F24O7. The molecule has 318 valence electrons. The number of rotatable bonds is 10. The zero-order chi connectivity index (χ0) is 43.8. The summed E-state index contributed by atoms with van der Waals surface area (Å²) >= 11 is 0. The number of carbonyl (C=O) groups is 1. The fourth-order valence-corrected chi connectivity index (χ4v) is 3.39. The molecule has 0 aromatic rings. The van der Waals surface area contributed by atoms with Crippen LogP contribution in [-0.4, -0.2) is 116 Å². The molecule has 0 rings (SSSR count). The van der Waals surface area contributed by atoms with Gasteiger partial charge < -0.3 is 30.3 Å². The highest BCUT2D eigenvalue weighted by atomic mass is 19.4. The summed E-state index contributed by atoms with van der Waals surface area (Å²) in [5, 5.41) is 44.1. The van der Waals surface area contributed by atoms with Crippen LogP contribution in [0.1, 0.15) is 32.6 Å². The van der Waals surface area contributed by atoms with E-state index in [2.05, 4.69) is 11.3 Å². The van der Waals surface area contributed by atoms with Crippen molar-refractivity contribution in [2.75, 3.05) is 0 Å². The molecule has 53 heavy (non-hydrogen) atoms. The van der Waals surface area contributed by atoms with E-state index >= 15 is 0 Å². The summed E-state index contributed by atoms with van der Waals surface area (Å²) in [7, 11) is 0. The number of alkyl halides is 24. The SMILES string of the molecule is C=C(C)C(=O)OC(CC(O)(C(F)(F)F)C(F)(F)F)CC(O)(C(F)(F)F)C(F)(F)F.OC(CC(O)(C(F)(F)F)C(F)(F)F)CC(O)(C(F)(F)F)C(F)(F)F. The summed E-state index contributed by atoms with van der Waals surface area (Å²) in [5.74, 6) is -1.96. The molecule has 7 nitrogen and oxygen atoms in total. The number of aliphatic hydroxyl groups is 5. The maximum absolute atomic E-state index is 12.7. The Morgan fingerprint density at radius 1 is 0.453 bits per heavy atom. The second-order valence-electron chi connectivity index (χ2n) is 10.7. The number of hydrogen-bond donors (Lipinski definition) is 5. The molecule has 0 aliphatic heterocycles. The number of hydrogen-bond acceptors (Lipinski definition) is 7. The average Bonchev–Trinajstić information content (AvgIpc) is 2.83. The van der Waals surface area contributed by atoms with E-state index in [0.29, 0.717) is 0 Å². The Morgan fingerprint density at radius 2 is 0.623 bits per heavy atom. The molecule has 0 saturated heterocycles. The smallest absolute Gasteiger partial charge is 0.426 e. The van der Waals surface area contributed by atoms with Crippen molar-refractivity contribution in [2.24, 2.45) is 0 Å². The lowest BCUT2D eigenvalue weighted by atomic mass is 9.86.